The van der Waals surface area contributed by atoms with Gasteiger partial charge in [-0.3, -0.25) is 0 Å². The fourth-order valence-corrected chi connectivity index (χ4v) is 3.46. The second-order valence-electron chi connectivity index (χ2n) is 6.73. The second-order valence-corrected chi connectivity index (χ2v) is 7.13. The Balaban J connectivity index is 1.70. The molecular weight excluding hydrogens is 408 g/mol. The number of aromatic hydroxyl groups is 1. The third-order valence-corrected chi connectivity index (χ3v) is 5.07. The number of benzene rings is 3. The number of aromatic amines is 2. The number of carboxylic acids is 1. The number of hydrogen-bond acceptors (Lipinski definition) is 4. The lowest BCUT2D eigenvalue weighted by molar-refractivity contribution is -0.359. The monoisotopic (exact) mass is 425 g/mol. The predicted molar refractivity (Wildman–Crippen MR) is 112 cm³/mol. The highest BCUT2D eigenvalue weighted by atomic mass is 35.5. The average molecular weight is 426 g/mol. The van der Waals surface area contributed by atoms with Crippen LogP contribution in [0, 0.1) is 6.92 Å². The molecule has 0 amide bonds. The fourth-order valence-electron chi connectivity index (χ4n) is 3.19. The molecule has 0 spiro atoms. The zero-order valence-electron chi connectivity index (χ0n) is 16.1. The first-order chi connectivity index (χ1) is 14.4. The van der Waals surface area contributed by atoms with Gasteiger partial charge in [-0.2, -0.15) is 0 Å². The van der Waals surface area contributed by atoms with Crippen LogP contribution < -0.4 is 14.5 Å². The van der Waals surface area contributed by atoms with Crippen LogP contribution in [0.5, 0.6) is 23.3 Å². The Hall–Kier alpha value is -3.71. The minimum absolute atomic E-state index is 0.0428. The average Bonchev–Trinajstić information content (AvgIpc) is 3.10. The second kappa shape index (κ2) is 7.61. The van der Waals surface area contributed by atoms with E-state index in [1.54, 1.807) is 43.3 Å². The number of aromatic nitrogens is 2. The molecule has 0 atom stereocenters. The molecule has 3 aromatic carbocycles. The van der Waals surface area contributed by atoms with Crippen LogP contribution in [0.4, 0.5) is 0 Å². The fraction of sp³-hybridized carbons (Fsp3) is 0.0909. The maximum atomic E-state index is 11.3. The van der Waals surface area contributed by atoms with Crippen molar-refractivity contribution in [3.63, 3.8) is 0 Å². The van der Waals surface area contributed by atoms with Gasteiger partial charge in [0.15, 0.2) is 22.5 Å². The van der Waals surface area contributed by atoms with Gasteiger partial charge in [0.25, 0.3) is 0 Å². The van der Waals surface area contributed by atoms with Gasteiger partial charge in [-0.25, -0.2) is 14.8 Å². The van der Waals surface area contributed by atoms with Gasteiger partial charge in [-0.05, 0) is 48.4 Å². The number of carboxylic acid groups (broad SMARTS) is 1. The molecule has 0 radical (unpaired) electrons. The van der Waals surface area contributed by atoms with Crippen LogP contribution in [0.3, 0.4) is 0 Å². The van der Waals surface area contributed by atoms with Gasteiger partial charge in [-0.1, -0.05) is 23.7 Å². The molecule has 0 fully saturated rings. The molecule has 152 valence electrons. The third-order valence-electron chi connectivity index (χ3n) is 4.75. The number of hydrogen-bond donors (Lipinski definition) is 3. The number of H-pyrrole nitrogens is 2. The molecule has 30 heavy (non-hydrogen) atoms. The number of fused-ring (bicyclic) bond motifs is 1. The Morgan fingerprint density at radius 1 is 1.13 bits per heavy atom. The smallest absolute Gasteiger partial charge is 0.458 e. The van der Waals surface area contributed by atoms with Crippen molar-refractivity contribution >= 4 is 28.6 Å². The molecule has 7 nitrogen and oxygen atoms in total. The molecule has 1 heterocycles. The summed E-state index contributed by atoms with van der Waals surface area (Å²) < 4.78 is 10.9. The number of phenolic OH excluding ortho intramolecular Hbond substituents is 1. The lowest BCUT2D eigenvalue weighted by Crippen LogP contribution is -2.04. The maximum Gasteiger partial charge on any atom is 0.458 e. The lowest BCUT2D eigenvalue weighted by Gasteiger charge is -2.08. The van der Waals surface area contributed by atoms with Crippen LogP contribution in [-0.4, -0.2) is 28.3 Å². The highest BCUT2D eigenvalue weighted by molar-refractivity contribution is 6.34. The van der Waals surface area contributed by atoms with Gasteiger partial charge in [0, 0.05) is 11.6 Å². The molecule has 0 bridgehead atoms. The predicted octanol–water partition coefficient (Wildman–Crippen LogP) is 4.82. The standard InChI is InChI=1S/C22H17ClN2O5/c1-11-3-5-13(8-14(11)21(27)28)30-22-24-17-9-15(16(23)10-18(17)25-22)12-4-6-19(26)20(7-12)29-2/h3-10,26H,1-2H3,(H,24,25)(H,27,28)/p+1. The first-order valence-corrected chi connectivity index (χ1v) is 9.37. The van der Waals surface area contributed by atoms with Crippen molar-refractivity contribution in [2.75, 3.05) is 7.11 Å². The molecule has 1 aromatic heterocycles. The Bertz CT molecular complexity index is 1280. The number of imidazole rings is 1. The van der Waals surface area contributed by atoms with E-state index in [4.69, 9.17) is 21.1 Å². The summed E-state index contributed by atoms with van der Waals surface area (Å²) in [5, 5.41) is 19.6. The summed E-state index contributed by atoms with van der Waals surface area (Å²) >= 11 is 6.47. The van der Waals surface area contributed by atoms with Crippen molar-refractivity contribution < 1.29 is 29.5 Å². The minimum atomic E-state index is -1.01. The van der Waals surface area contributed by atoms with Crippen molar-refractivity contribution in [3.05, 3.63) is 64.7 Å². The van der Waals surface area contributed by atoms with E-state index in [9.17, 15) is 15.0 Å². The SMILES string of the molecule is COc1cc(-c2cc3[nH+]c(Oc4ccc(C)c(C(=O)O)c4)[nH]c3cc2Cl)ccc1O. The van der Waals surface area contributed by atoms with E-state index < -0.39 is 5.97 Å². The molecule has 0 aliphatic heterocycles. The normalized spacial score (nSPS) is 10.9. The van der Waals surface area contributed by atoms with E-state index in [1.807, 2.05) is 6.07 Å². The zero-order valence-corrected chi connectivity index (χ0v) is 16.9. The van der Waals surface area contributed by atoms with Crippen LogP contribution in [0.15, 0.2) is 48.5 Å². The molecule has 8 heteroatoms. The van der Waals surface area contributed by atoms with Crippen molar-refractivity contribution in [2.24, 2.45) is 0 Å². The topological polar surface area (TPSA) is 106 Å². The maximum absolute atomic E-state index is 11.3. The van der Waals surface area contributed by atoms with Crippen molar-refractivity contribution in [1.29, 1.82) is 0 Å². The van der Waals surface area contributed by atoms with Crippen LogP contribution in [0.25, 0.3) is 22.2 Å². The van der Waals surface area contributed by atoms with Crippen molar-refractivity contribution in [3.8, 4) is 34.4 Å². The molecule has 4 rings (SSSR count). The molecular formula is C22H18ClN2O5+. The summed E-state index contributed by atoms with van der Waals surface area (Å²) in [5.41, 5.74) is 3.80. The molecule has 0 aliphatic rings. The van der Waals surface area contributed by atoms with E-state index in [0.717, 1.165) is 22.2 Å². The lowest BCUT2D eigenvalue weighted by atomic mass is 10.0. The number of phenols is 1. The number of aryl methyl sites for hydroxylation is 1. The number of halogens is 1. The van der Waals surface area contributed by atoms with E-state index in [2.05, 4.69) is 9.97 Å². The van der Waals surface area contributed by atoms with Crippen LogP contribution >= 0.6 is 11.6 Å². The first kappa shape index (κ1) is 19.6. The number of methoxy groups -OCH3 is 1. The Labute approximate surface area is 176 Å². The quantitative estimate of drug-likeness (QED) is 0.425. The largest absolute Gasteiger partial charge is 0.504 e. The van der Waals surface area contributed by atoms with E-state index in [1.165, 1.54) is 13.2 Å². The molecule has 0 aliphatic carbocycles. The highest BCUT2D eigenvalue weighted by Crippen LogP contribution is 2.36. The van der Waals surface area contributed by atoms with E-state index in [0.29, 0.717) is 28.1 Å². The van der Waals surface area contributed by atoms with Gasteiger partial charge in [-0.15, -0.1) is 0 Å². The molecule has 4 aromatic rings. The summed E-state index contributed by atoms with van der Waals surface area (Å²) in [6.45, 7) is 1.73. The third kappa shape index (κ3) is 3.62. The summed E-state index contributed by atoms with van der Waals surface area (Å²) in [4.78, 5) is 17.5. The van der Waals surface area contributed by atoms with Gasteiger partial charge in [0.05, 0.1) is 17.7 Å². The van der Waals surface area contributed by atoms with Gasteiger partial charge in [0.2, 0.25) is 0 Å². The Morgan fingerprint density at radius 3 is 2.67 bits per heavy atom. The van der Waals surface area contributed by atoms with E-state index in [-0.39, 0.29) is 11.3 Å². The molecule has 0 saturated carbocycles. The summed E-state index contributed by atoms with van der Waals surface area (Å²) in [7, 11) is 1.48. The van der Waals surface area contributed by atoms with E-state index >= 15 is 0 Å². The minimum Gasteiger partial charge on any atom is -0.504 e. The number of rotatable bonds is 5. The Morgan fingerprint density at radius 2 is 1.93 bits per heavy atom. The zero-order chi connectivity index (χ0) is 21.4. The van der Waals surface area contributed by atoms with Crippen molar-refractivity contribution in [1.82, 2.24) is 4.98 Å². The van der Waals surface area contributed by atoms with Crippen LogP contribution in [0.1, 0.15) is 15.9 Å². The van der Waals surface area contributed by atoms with Gasteiger partial charge >= 0.3 is 12.0 Å². The molecule has 0 unspecified atom stereocenters. The Kier molecular flexibility index (Phi) is 4.97. The number of nitrogens with one attached hydrogen (secondary N) is 2. The number of ether oxygens (including phenoxy) is 2. The van der Waals surface area contributed by atoms with Crippen LogP contribution in [0.2, 0.25) is 5.02 Å². The van der Waals surface area contributed by atoms with Gasteiger partial charge < -0.3 is 19.7 Å². The number of carbonyl (C=O) groups is 1. The van der Waals surface area contributed by atoms with Crippen molar-refractivity contribution in [2.45, 2.75) is 6.92 Å². The molecule has 0 saturated heterocycles. The molecule has 4 N–H and O–H groups in total. The van der Waals surface area contributed by atoms with Crippen LogP contribution in [-0.2, 0) is 0 Å². The van der Waals surface area contributed by atoms with Gasteiger partial charge in [0.1, 0.15) is 5.75 Å². The first-order valence-electron chi connectivity index (χ1n) is 8.99. The summed E-state index contributed by atoms with van der Waals surface area (Å²) in [6.07, 6.45) is 0. The summed E-state index contributed by atoms with van der Waals surface area (Å²) in [5.74, 6) is -0.241. The number of aromatic carboxylic acids is 1. The summed E-state index contributed by atoms with van der Waals surface area (Å²) in [6, 6.07) is 13.8. The highest BCUT2D eigenvalue weighted by Gasteiger charge is 2.18.